The van der Waals surface area contributed by atoms with Crippen molar-refractivity contribution in [1.29, 1.82) is 0 Å². The van der Waals surface area contributed by atoms with E-state index in [1.165, 1.54) is 0 Å². The number of para-hydroxylation sites is 2. The molecule has 0 bridgehead atoms. The van der Waals surface area contributed by atoms with Gasteiger partial charge in [-0.25, -0.2) is 19.6 Å². The fourth-order valence-electron chi connectivity index (χ4n) is 4.65. The number of hydrogen-bond donors (Lipinski definition) is 0. The fourth-order valence-corrected chi connectivity index (χ4v) is 4.65. The van der Waals surface area contributed by atoms with Crippen LogP contribution >= 0.6 is 0 Å². The molecule has 214 valence electrons. The van der Waals surface area contributed by atoms with Crippen molar-refractivity contribution in [3.05, 3.63) is 129 Å². The van der Waals surface area contributed by atoms with Crippen molar-refractivity contribution in [1.82, 2.24) is 0 Å². The summed E-state index contributed by atoms with van der Waals surface area (Å²) in [5, 5.41) is 0. The first-order chi connectivity index (χ1) is 20.2. The Bertz CT molecular complexity index is 1480. The van der Waals surface area contributed by atoms with Crippen LogP contribution in [-0.2, 0) is 9.47 Å². The molecule has 0 radical (unpaired) electrons. The Balaban J connectivity index is 1.99. The Labute approximate surface area is 247 Å². The Morgan fingerprint density at radius 2 is 0.786 bits per heavy atom. The van der Waals surface area contributed by atoms with E-state index < -0.39 is 0 Å². The van der Waals surface area contributed by atoms with Crippen LogP contribution < -0.4 is 0 Å². The van der Waals surface area contributed by atoms with E-state index in [2.05, 4.69) is 0 Å². The summed E-state index contributed by atoms with van der Waals surface area (Å²) in [7, 11) is 0. The van der Waals surface area contributed by atoms with Crippen molar-refractivity contribution in [3.63, 3.8) is 0 Å². The summed E-state index contributed by atoms with van der Waals surface area (Å²) >= 11 is 0. The highest BCUT2D eigenvalue weighted by Crippen LogP contribution is 2.29. The molecule has 0 spiro atoms. The highest BCUT2D eigenvalue weighted by molar-refractivity contribution is 6.54. The first kappa shape index (κ1) is 30.1. The molecule has 0 aliphatic rings. The van der Waals surface area contributed by atoms with Gasteiger partial charge in [-0.05, 0) is 88.1 Å². The molecule has 0 saturated heterocycles. The predicted molar refractivity (Wildman–Crippen MR) is 169 cm³/mol. The highest BCUT2D eigenvalue weighted by atomic mass is 16.5. The Morgan fingerprint density at radius 1 is 0.500 bits per heavy atom. The zero-order valence-corrected chi connectivity index (χ0v) is 25.0. The molecule has 0 saturated carbocycles. The molecule has 6 nitrogen and oxygen atoms in total. The predicted octanol–water partition coefficient (Wildman–Crippen LogP) is 8.22. The maximum absolute atomic E-state index is 12.4. The van der Waals surface area contributed by atoms with Gasteiger partial charge in [-0.3, -0.25) is 0 Å². The molecule has 0 aromatic heterocycles. The molecular formula is C36H36N2O4. The number of rotatable bonds is 9. The maximum Gasteiger partial charge on any atom is 0.338 e. The van der Waals surface area contributed by atoms with E-state index in [1.807, 2.05) is 88.4 Å². The third-order valence-electron chi connectivity index (χ3n) is 6.89. The minimum absolute atomic E-state index is 0.300. The van der Waals surface area contributed by atoms with Crippen molar-refractivity contribution >= 4 is 34.7 Å². The summed E-state index contributed by atoms with van der Waals surface area (Å²) in [5.41, 5.74) is 9.55. The van der Waals surface area contributed by atoms with Crippen LogP contribution in [0.1, 0.15) is 67.9 Å². The second-order valence-electron chi connectivity index (χ2n) is 10.00. The minimum atomic E-state index is -0.378. The van der Waals surface area contributed by atoms with Crippen LogP contribution in [0.4, 0.5) is 11.4 Å². The van der Waals surface area contributed by atoms with Gasteiger partial charge in [0.2, 0.25) is 0 Å². The van der Waals surface area contributed by atoms with Gasteiger partial charge >= 0.3 is 11.9 Å². The van der Waals surface area contributed by atoms with Gasteiger partial charge in [0.25, 0.3) is 0 Å². The zero-order valence-electron chi connectivity index (χ0n) is 25.0. The van der Waals surface area contributed by atoms with E-state index in [9.17, 15) is 9.59 Å². The lowest BCUT2D eigenvalue weighted by Gasteiger charge is -2.16. The SMILES string of the molecule is CCOC(=O)c1ccc(C(=Nc2c(C)cccc2C)C(=Nc2c(C)cccc2C)c2ccc(C(=O)OCC)cc2)cc1. The van der Waals surface area contributed by atoms with Crippen LogP contribution in [0.5, 0.6) is 0 Å². The molecule has 0 atom stereocenters. The standard InChI is InChI=1S/C36H36N2O4/c1-7-41-35(39)29-19-15-27(16-20-29)33(37-31-23(3)11-9-12-24(31)4)34(38-32-25(5)13-10-14-26(32)6)28-17-21-30(22-18-28)36(40)42-8-2/h9-22H,7-8H2,1-6H3. The number of ether oxygens (including phenoxy) is 2. The van der Waals surface area contributed by atoms with E-state index in [-0.39, 0.29) is 11.9 Å². The van der Waals surface area contributed by atoms with Gasteiger partial charge in [0.05, 0.1) is 47.1 Å². The molecule has 0 N–H and O–H groups in total. The number of aryl methyl sites for hydroxylation is 4. The molecular weight excluding hydrogens is 524 g/mol. The summed E-state index contributed by atoms with van der Waals surface area (Å²) in [6.07, 6.45) is 0. The molecule has 0 aliphatic heterocycles. The Morgan fingerprint density at radius 3 is 1.07 bits per heavy atom. The average molecular weight is 561 g/mol. The van der Waals surface area contributed by atoms with E-state index in [4.69, 9.17) is 19.5 Å². The third kappa shape index (κ3) is 6.89. The summed E-state index contributed by atoms with van der Waals surface area (Å²) in [5.74, 6) is -0.757. The topological polar surface area (TPSA) is 77.3 Å². The van der Waals surface area contributed by atoms with E-state index >= 15 is 0 Å². The smallest absolute Gasteiger partial charge is 0.338 e. The molecule has 0 aliphatic carbocycles. The molecule has 6 heteroatoms. The Kier molecular flexibility index (Phi) is 9.81. The van der Waals surface area contributed by atoms with Crippen molar-refractivity contribution in [3.8, 4) is 0 Å². The lowest BCUT2D eigenvalue weighted by Crippen LogP contribution is -2.18. The first-order valence-corrected chi connectivity index (χ1v) is 14.1. The summed E-state index contributed by atoms with van der Waals surface area (Å²) in [6, 6.07) is 26.6. The van der Waals surface area contributed by atoms with Crippen LogP contribution in [0, 0.1) is 27.7 Å². The quantitative estimate of drug-likeness (QED) is 0.153. The van der Waals surface area contributed by atoms with Gasteiger partial charge in [-0.2, -0.15) is 0 Å². The molecule has 0 amide bonds. The largest absolute Gasteiger partial charge is 0.462 e. The number of aliphatic imine (C=N–C) groups is 2. The van der Waals surface area contributed by atoms with Crippen LogP contribution in [0.3, 0.4) is 0 Å². The maximum atomic E-state index is 12.4. The van der Waals surface area contributed by atoms with E-state index in [0.717, 1.165) is 44.8 Å². The molecule has 4 rings (SSSR count). The molecule has 0 fully saturated rings. The highest BCUT2D eigenvalue weighted by Gasteiger charge is 2.19. The normalized spacial score (nSPS) is 11.8. The van der Waals surface area contributed by atoms with Gasteiger partial charge < -0.3 is 9.47 Å². The number of carbonyl (C=O) groups excluding carboxylic acids is 2. The monoisotopic (exact) mass is 560 g/mol. The zero-order chi connectivity index (χ0) is 30.2. The number of esters is 2. The fraction of sp³-hybridized carbons (Fsp3) is 0.222. The molecule has 4 aromatic rings. The summed E-state index contributed by atoms with van der Waals surface area (Å²) in [6.45, 7) is 12.3. The van der Waals surface area contributed by atoms with E-state index in [0.29, 0.717) is 35.8 Å². The lowest BCUT2D eigenvalue weighted by molar-refractivity contribution is 0.0516. The third-order valence-corrected chi connectivity index (χ3v) is 6.89. The molecule has 42 heavy (non-hydrogen) atoms. The van der Waals surface area contributed by atoms with E-state index in [1.54, 1.807) is 38.1 Å². The van der Waals surface area contributed by atoms with Crippen LogP contribution in [-0.4, -0.2) is 36.6 Å². The van der Waals surface area contributed by atoms with Gasteiger partial charge in [0, 0.05) is 11.1 Å². The van der Waals surface area contributed by atoms with Crippen molar-refractivity contribution in [2.45, 2.75) is 41.5 Å². The summed E-state index contributed by atoms with van der Waals surface area (Å²) < 4.78 is 10.4. The first-order valence-electron chi connectivity index (χ1n) is 14.1. The van der Waals surface area contributed by atoms with Crippen LogP contribution in [0.15, 0.2) is 94.9 Å². The molecule has 4 aromatic carbocycles. The molecule has 0 unspecified atom stereocenters. The van der Waals surface area contributed by atoms with Gasteiger partial charge in [0.15, 0.2) is 0 Å². The second kappa shape index (κ2) is 13.7. The number of hydrogen-bond acceptors (Lipinski definition) is 6. The summed E-state index contributed by atoms with van der Waals surface area (Å²) in [4.78, 5) is 35.3. The lowest BCUT2D eigenvalue weighted by atomic mass is 9.96. The van der Waals surface area contributed by atoms with Crippen molar-refractivity contribution in [2.75, 3.05) is 13.2 Å². The van der Waals surface area contributed by atoms with Gasteiger partial charge in [-0.15, -0.1) is 0 Å². The molecule has 0 heterocycles. The minimum Gasteiger partial charge on any atom is -0.462 e. The number of nitrogens with zero attached hydrogens (tertiary/aromatic N) is 2. The van der Waals surface area contributed by atoms with Gasteiger partial charge in [0.1, 0.15) is 0 Å². The second-order valence-corrected chi connectivity index (χ2v) is 10.00. The number of benzene rings is 4. The van der Waals surface area contributed by atoms with Gasteiger partial charge in [-0.1, -0.05) is 60.7 Å². The van der Waals surface area contributed by atoms with Crippen LogP contribution in [0.2, 0.25) is 0 Å². The Hall–Kier alpha value is -4.84. The van der Waals surface area contributed by atoms with Crippen LogP contribution in [0.25, 0.3) is 0 Å². The number of carbonyl (C=O) groups is 2. The average Bonchev–Trinajstić information content (AvgIpc) is 2.98. The van der Waals surface area contributed by atoms with Crippen molar-refractivity contribution in [2.24, 2.45) is 9.98 Å². The van der Waals surface area contributed by atoms with Crippen molar-refractivity contribution < 1.29 is 19.1 Å².